The number of hydrogen-bond donors (Lipinski definition) is 0. The van der Waals surface area contributed by atoms with E-state index in [1.165, 1.54) is 12.8 Å². The molecule has 11 heavy (non-hydrogen) atoms. The molecule has 0 aromatic carbocycles. The molecule has 0 aromatic rings. The van der Waals surface area contributed by atoms with Gasteiger partial charge in [0.1, 0.15) is 0 Å². The predicted molar refractivity (Wildman–Crippen MR) is 56.8 cm³/mol. The zero-order valence-electron chi connectivity index (χ0n) is 6.98. The van der Waals surface area contributed by atoms with Crippen molar-refractivity contribution in [3.63, 3.8) is 0 Å². The van der Waals surface area contributed by atoms with E-state index in [1.807, 2.05) is 6.92 Å². The number of ether oxygens (including phenoxy) is 1. The first-order valence-corrected chi connectivity index (χ1v) is 6.29. The van der Waals surface area contributed by atoms with Gasteiger partial charge in [-0.2, -0.15) is 0 Å². The molecule has 1 nitrogen and oxygen atoms in total. The maximum atomic E-state index is 5.24. The summed E-state index contributed by atoms with van der Waals surface area (Å²) in [6, 6.07) is 0. The van der Waals surface area contributed by atoms with Gasteiger partial charge in [-0.3, -0.25) is 0 Å². The van der Waals surface area contributed by atoms with Gasteiger partial charge in [0.15, 0.2) is 0 Å². The highest BCUT2D eigenvalue weighted by Crippen LogP contribution is 2.12. The van der Waals surface area contributed by atoms with Crippen LogP contribution in [0.1, 0.15) is 19.8 Å². The van der Waals surface area contributed by atoms with Gasteiger partial charge in [0.25, 0.3) is 0 Å². The Morgan fingerprint density at radius 1 is 1.27 bits per heavy atom. The average molecular weight is 288 g/mol. The van der Waals surface area contributed by atoms with Crippen molar-refractivity contribution in [1.29, 1.82) is 0 Å². The highest BCUT2D eigenvalue weighted by Gasteiger charge is 2.03. The normalized spacial score (nSPS) is 10.9. The first kappa shape index (κ1) is 11.9. The molecule has 0 rings (SSSR count). The second kappa shape index (κ2) is 9.01. The molecule has 0 amide bonds. The Morgan fingerprint density at radius 2 is 1.91 bits per heavy atom. The molecule has 0 radical (unpaired) electrons. The average Bonchev–Trinajstić information content (AvgIpc) is 2.05. The molecule has 0 spiro atoms. The minimum absolute atomic E-state index is 0.760. The molecule has 0 unspecified atom stereocenters. The van der Waals surface area contributed by atoms with Crippen molar-refractivity contribution in [3.05, 3.63) is 0 Å². The monoisotopic (exact) mass is 286 g/mol. The van der Waals surface area contributed by atoms with Gasteiger partial charge in [0.2, 0.25) is 0 Å². The third-order valence-electron chi connectivity index (χ3n) is 1.54. The van der Waals surface area contributed by atoms with Crippen LogP contribution in [0.4, 0.5) is 0 Å². The number of hydrogen-bond acceptors (Lipinski definition) is 1. The number of halogens is 2. The molecule has 0 aliphatic heterocycles. The Bertz CT molecular complexity index is 74.5. The maximum absolute atomic E-state index is 5.24. The van der Waals surface area contributed by atoms with E-state index in [0.717, 1.165) is 29.8 Å². The van der Waals surface area contributed by atoms with Crippen LogP contribution in [-0.2, 0) is 4.74 Å². The van der Waals surface area contributed by atoms with Crippen LogP contribution < -0.4 is 0 Å². The molecule has 0 N–H and O–H groups in total. The van der Waals surface area contributed by atoms with Crippen LogP contribution in [-0.4, -0.2) is 23.9 Å². The van der Waals surface area contributed by atoms with Crippen molar-refractivity contribution in [3.8, 4) is 0 Å². The molecular formula is C8H16Br2O. The van der Waals surface area contributed by atoms with E-state index >= 15 is 0 Å². The minimum Gasteiger partial charge on any atom is -0.382 e. The molecule has 0 aliphatic rings. The lowest BCUT2D eigenvalue weighted by Gasteiger charge is -2.09. The van der Waals surface area contributed by atoms with Crippen LogP contribution >= 0.6 is 31.9 Å². The number of rotatable bonds is 7. The Labute approximate surface area is 86.1 Å². The molecule has 0 saturated carbocycles. The molecule has 0 aliphatic carbocycles. The van der Waals surface area contributed by atoms with E-state index in [2.05, 4.69) is 31.9 Å². The molecule has 0 aromatic heterocycles. The molecular weight excluding hydrogens is 272 g/mol. The third-order valence-corrected chi connectivity index (χ3v) is 3.37. The largest absolute Gasteiger partial charge is 0.382 e. The summed E-state index contributed by atoms with van der Waals surface area (Å²) in [5.74, 6) is 0.760. The zero-order chi connectivity index (χ0) is 8.53. The van der Waals surface area contributed by atoms with Gasteiger partial charge < -0.3 is 4.74 Å². The molecule has 0 atom stereocenters. The summed E-state index contributed by atoms with van der Waals surface area (Å²) in [5.41, 5.74) is 0. The standard InChI is InChI=1S/C8H16Br2O/c1-2-11-5-3-4-8(6-9)7-10/h8H,2-7H2,1H3. The second-order valence-electron chi connectivity index (χ2n) is 2.51. The predicted octanol–water partition coefficient (Wildman–Crippen LogP) is 3.21. The summed E-state index contributed by atoms with van der Waals surface area (Å²) in [6.07, 6.45) is 2.42. The molecule has 3 heteroatoms. The second-order valence-corrected chi connectivity index (χ2v) is 3.81. The van der Waals surface area contributed by atoms with Crippen molar-refractivity contribution in [1.82, 2.24) is 0 Å². The molecule has 0 bridgehead atoms. The van der Waals surface area contributed by atoms with Gasteiger partial charge in [0.05, 0.1) is 0 Å². The van der Waals surface area contributed by atoms with Gasteiger partial charge in [-0.25, -0.2) is 0 Å². The van der Waals surface area contributed by atoms with Crippen molar-refractivity contribution < 1.29 is 4.74 Å². The van der Waals surface area contributed by atoms with Gasteiger partial charge in [0, 0.05) is 23.9 Å². The highest BCUT2D eigenvalue weighted by molar-refractivity contribution is 9.09. The van der Waals surface area contributed by atoms with E-state index in [-0.39, 0.29) is 0 Å². The van der Waals surface area contributed by atoms with Crippen molar-refractivity contribution >= 4 is 31.9 Å². The van der Waals surface area contributed by atoms with Crippen LogP contribution in [0, 0.1) is 5.92 Å². The van der Waals surface area contributed by atoms with E-state index in [0.29, 0.717) is 0 Å². The molecule has 0 fully saturated rings. The summed E-state index contributed by atoms with van der Waals surface area (Å²) in [4.78, 5) is 0. The van der Waals surface area contributed by atoms with Crippen molar-refractivity contribution in [2.45, 2.75) is 19.8 Å². The summed E-state index contributed by atoms with van der Waals surface area (Å²) in [5, 5.41) is 2.18. The molecule has 0 heterocycles. The minimum atomic E-state index is 0.760. The van der Waals surface area contributed by atoms with Crippen LogP contribution in [0.5, 0.6) is 0 Å². The highest BCUT2D eigenvalue weighted by atomic mass is 79.9. The van der Waals surface area contributed by atoms with E-state index in [4.69, 9.17) is 4.74 Å². The van der Waals surface area contributed by atoms with Crippen LogP contribution in [0.25, 0.3) is 0 Å². The smallest absolute Gasteiger partial charge is 0.0466 e. The first-order valence-electron chi connectivity index (χ1n) is 4.04. The summed E-state index contributed by atoms with van der Waals surface area (Å²) in [6.45, 7) is 3.78. The van der Waals surface area contributed by atoms with Crippen LogP contribution in [0.2, 0.25) is 0 Å². The molecule has 0 saturated heterocycles. The van der Waals surface area contributed by atoms with E-state index < -0.39 is 0 Å². The molecule has 68 valence electrons. The summed E-state index contributed by atoms with van der Waals surface area (Å²) < 4.78 is 5.24. The van der Waals surface area contributed by atoms with E-state index in [1.54, 1.807) is 0 Å². The SMILES string of the molecule is CCOCCCC(CBr)CBr. The number of alkyl halides is 2. The maximum Gasteiger partial charge on any atom is 0.0466 e. The third kappa shape index (κ3) is 7.29. The quantitative estimate of drug-likeness (QED) is 0.516. The Morgan fingerprint density at radius 3 is 2.36 bits per heavy atom. The fraction of sp³-hybridized carbons (Fsp3) is 1.00. The fourth-order valence-electron chi connectivity index (χ4n) is 0.814. The Balaban J connectivity index is 3.07. The lowest BCUT2D eigenvalue weighted by Crippen LogP contribution is -2.05. The first-order chi connectivity index (χ1) is 5.35. The zero-order valence-corrected chi connectivity index (χ0v) is 10.2. The topological polar surface area (TPSA) is 9.23 Å². The van der Waals surface area contributed by atoms with Gasteiger partial charge >= 0.3 is 0 Å². The fourth-order valence-corrected chi connectivity index (χ4v) is 2.53. The van der Waals surface area contributed by atoms with Gasteiger partial charge in [-0.15, -0.1) is 0 Å². The Kier molecular flexibility index (Phi) is 9.77. The van der Waals surface area contributed by atoms with Gasteiger partial charge in [-0.1, -0.05) is 31.9 Å². The lowest BCUT2D eigenvalue weighted by atomic mass is 10.1. The van der Waals surface area contributed by atoms with Crippen LogP contribution in [0.15, 0.2) is 0 Å². The van der Waals surface area contributed by atoms with Crippen molar-refractivity contribution in [2.75, 3.05) is 23.9 Å². The summed E-state index contributed by atoms with van der Waals surface area (Å²) in [7, 11) is 0. The van der Waals surface area contributed by atoms with Crippen molar-refractivity contribution in [2.24, 2.45) is 5.92 Å². The Hall–Kier alpha value is 0.920. The van der Waals surface area contributed by atoms with E-state index in [9.17, 15) is 0 Å². The summed E-state index contributed by atoms with van der Waals surface area (Å²) >= 11 is 6.95. The van der Waals surface area contributed by atoms with Gasteiger partial charge in [-0.05, 0) is 25.7 Å². The lowest BCUT2D eigenvalue weighted by molar-refractivity contribution is 0.141. The van der Waals surface area contributed by atoms with Crippen LogP contribution in [0.3, 0.4) is 0 Å².